The lowest BCUT2D eigenvalue weighted by molar-refractivity contribution is 0.0696. The van der Waals surface area contributed by atoms with Crippen molar-refractivity contribution in [2.45, 2.75) is 24.3 Å². The number of fused-ring (bicyclic) bond motifs is 1. The Balaban J connectivity index is 2.15. The minimum atomic E-state index is -3.89. The number of aromatic carboxylic acids is 1. The van der Waals surface area contributed by atoms with Gasteiger partial charge in [0.25, 0.3) is 10.0 Å². The van der Waals surface area contributed by atoms with Crippen LogP contribution >= 0.6 is 0 Å². The number of carboxylic acid groups (broad SMARTS) is 1. The Labute approximate surface area is 153 Å². The van der Waals surface area contributed by atoms with E-state index in [-0.39, 0.29) is 16.5 Å². The highest BCUT2D eigenvalue weighted by Gasteiger charge is 2.35. The quantitative estimate of drug-likeness (QED) is 0.889. The number of rotatable bonds is 4. The summed E-state index contributed by atoms with van der Waals surface area (Å²) >= 11 is 0. The molecule has 2 aromatic carbocycles. The highest BCUT2D eigenvalue weighted by atomic mass is 32.2. The third kappa shape index (κ3) is 3.20. The molecule has 1 aliphatic heterocycles. The first-order chi connectivity index (χ1) is 12.2. The Morgan fingerprint density at radius 1 is 1.19 bits per heavy atom. The van der Waals surface area contributed by atoms with Crippen molar-refractivity contribution in [3.8, 4) is 0 Å². The second-order valence-corrected chi connectivity index (χ2v) is 8.60. The van der Waals surface area contributed by atoms with Gasteiger partial charge in [-0.2, -0.15) is 0 Å². The molecule has 0 fully saturated rings. The Bertz CT molecular complexity index is 954. The van der Waals surface area contributed by atoms with Crippen LogP contribution in [0.1, 0.15) is 21.5 Å². The predicted molar refractivity (Wildman–Crippen MR) is 100 cm³/mol. The van der Waals surface area contributed by atoms with Gasteiger partial charge in [-0.3, -0.25) is 4.31 Å². The molecule has 1 unspecified atom stereocenters. The first-order valence-electron chi connectivity index (χ1n) is 8.33. The monoisotopic (exact) mass is 374 g/mol. The summed E-state index contributed by atoms with van der Waals surface area (Å²) in [4.78, 5) is 13.3. The molecular weight excluding hydrogens is 352 g/mol. The first kappa shape index (κ1) is 18.4. The third-order valence-electron chi connectivity index (χ3n) is 4.83. The number of nitrogens with zero attached hydrogens (tertiary/aromatic N) is 2. The largest absolute Gasteiger partial charge is 0.478 e. The average molecular weight is 374 g/mol. The van der Waals surface area contributed by atoms with E-state index in [4.69, 9.17) is 0 Å². The minimum Gasteiger partial charge on any atom is -0.478 e. The number of carboxylic acids is 1. The average Bonchev–Trinajstić information content (AvgIpc) is 2.60. The predicted octanol–water partition coefficient (Wildman–Crippen LogP) is 2.37. The van der Waals surface area contributed by atoms with Gasteiger partial charge >= 0.3 is 5.97 Å². The van der Waals surface area contributed by atoms with Gasteiger partial charge < -0.3 is 10.0 Å². The second-order valence-electron chi connectivity index (χ2n) is 6.77. The number of carbonyl (C=O) groups is 1. The summed E-state index contributed by atoms with van der Waals surface area (Å²) in [7, 11) is -0.0247. The van der Waals surface area contributed by atoms with Crippen LogP contribution in [0.3, 0.4) is 0 Å². The Hall–Kier alpha value is -2.38. The zero-order valence-corrected chi connectivity index (χ0v) is 15.8. The van der Waals surface area contributed by atoms with Gasteiger partial charge in [-0.1, -0.05) is 24.3 Å². The van der Waals surface area contributed by atoms with Gasteiger partial charge in [-0.05, 0) is 56.8 Å². The molecule has 7 heteroatoms. The van der Waals surface area contributed by atoms with Crippen LogP contribution in [0, 0.1) is 6.92 Å². The molecule has 0 saturated carbocycles. The molecule has 0 aromatic heterocycles. The summed E-state index contributed by atoms with van der Waals surface area (Å²) in [6.45, 7) is 2.00. The Morgan fingerprint density at radius 2 is 1.88 bits per heavy atom. The van der Waals surface area contributed by atoms with Crippen molar-refractivity contribution in [2.75, 3.05) is 24.9 Å². The molecule has 1 aliphatic rings. The number of hydrogen-bond donors (Lipinski definition) is 1. The molecule has 0 amide bonds. The molecule has 138 valence electrons. The fraction of sp³-hybridized carbons (Fsp3) is 0.316. The number of benzene rings is 2. The molecule has 1 N–H and O–H groups in total. The maximum Gasteiger partial charge on any atom is 0.335 e. The van der Waals surface area contributed by atoms with Crippen LogP contribution in [-0.4, -0.2) is 51.1 Å². The number of sulfonamides is 1. The number of likely N-dealkylation sites (N-methyl/N-ethyl adjacent to an activating group) is 1. The van der Waals surface area contributed by atoms with Gasteiger partial charge in [-0.25, -0.2) is 13.2 Å². The van der Waals surface area contributed by atoms with Crippen LogP contribution < -0.4 is 4.31 Å². The smallest absolute Gasteiger partial charge is 0.335 e. The van der Waals surface area contributed by atoms with E-state index in [2.05, 4.69) is 0 Å². The Morgan fingerprint density at radius 3 is 2.54 bits per heavy atom. The number of anilines is 1. The van der Waals surface area contributed by atoms with Crippen molar-refractivity contribution in [2.24, 2.45) is 0 Å². The van der Waals surface area contributed by atoms with Gasteiger partial charge in [0.05, 0.1) is 22.7 Å². The fourth-order valence-electron chi connectivity index (χ4n) is 3.24. The molecular formula is C19H22N2O4S. The van der Waals surface area contributed by atoms with E-state index in [0.717, 1.165) is 12.0 Å². The number of para-hydroxylation sites is 1. The molecule has 6 nitrogen and oxygen atoms in total. The molecule has 0 radical (unpaired) electrons. The SMILES string of the molecule is Cc1ccc(C(=O)O)cc1S(=O)(=O)N1CC(N(C)C)Cc2ccccc21. The van der Waals surface area contributed by atoms with Gasteiger partial charge in [0.1, 0.15) is 0 Å². The topological polar surface area (TPSA) is 77.9 Å². The minimum absolute atomic E-state index is 0.0339. The normalized spacial score (nSPS) is 17.2. The zero-order valence-electron chi connectivity index (χ0n) is 15.0. The summed E-state index contributed by atoms with van der Waals surface area (Å²) in [6.07, 6.45) is 0.767. The molecule has 26 heavy (non-hydrogen) atoms. The van der Waals surface area contributed by atoms with Crippen molar-refractivity contribution in [3.63, 3.8) is 0 Å². The molecule has 0 saturated heterocycles. The lowest BCUT2D eigenvalue weighted by Gasteiger charge is -2.38. The van der Waals surface area contributed by atoms with Crippen molar-refractivity contribution in [1.82, 2.24) is 4.90 Å². The fourth-order valence-corrected chi connectivity index (χ4v) is 5.03. The third-order valence-corrected chi connectivity index (χ3v) is 6.75. The second kappa shape index (κ2) is 6.74. The standard InChI is InChI=1S/C19H22N2O4S/c1-13-8-9-15(19(22)23)11-18(13)26(24,25)21-12-16(20(2)3)10-14-6-4-5-7-17(14)21/h4-9,11,16H,10,12H2,1-3H3,(H,22,23). The van der Waals surface area contributed by atoms with Crippen molar-refractivity contribution >= 4 is 21.7 Å². The van der Waals surface area contributed by atoms with Gasteiger partial charge in [0.15, 0.2) is 0 Å². The maximum absolute atomic E-state index is 13.4. The molecule has 3 rings (SSSR count). The molecule has 2 aromatic rings. The highest BCUT2D eigenvalue weighted by molar-refractivity contribution is 7.92. The summed E-state index contributed by atoms with van der Waals surface area (Å²) in [5, 5.41) is 9.23. The molecule has 1 atom stereocenters. The van der Waals surface area contributed by atoms with Crippen LogP contribution in [0.5, 0.6) is 0 Å². The van der Waals surface area contributed by atoms with E-state index in [1.54, 1.807) is 13.0 Å². The van der Waals surface area contributed by atoms with Crippen molar-refractivity contribution in [1.29, 1.82) is 0 Å². The van der Waals surface area contributed by atoms with Crippen LogP contribution in [0.2, 0.25) is 0 Å². The van der Waals surface area contributed by atoms with Crippen molar-refractivity contribution in [3.05, 3.63) is 59.2 Å². The van der Waals surface area contributed by atoms with Crippen LogP contribution in [-0.2, 0) is 16.4 Å². The molecule has 0 aliphatic carbocycles. The van der Waals surface area contributed by atoms with Gasteiger partial charge in [0, 0.05) is 6.04 Å². The lowest BCUT2D eigenvalue weighted by atomic mass is 9.99. The Kier molecular flexibility index (Phi) is 4.77. The number of aryl methyl sites for hydroxylation is 1. The van der Waals surface area contributed by atoms with Crippen LogP contribution in [0.4, 0.5) is 5.69 Å². The summed E-state index contributed by atoms with van der Waals surface area (Å²) in [5.41, 5.74) is 2.11. The van der Waals surface area contributed by atoms with Gasteiger partial charge in [-0.15, -0.1) is 0 Å². The number of hydrogen-bond acceptors (Lipinski definition) is 4. The maximum atomic E-state index is 13.4. The summed E-state index contributed by atoms with van der Waals surface area (Å²) in [5.74, 6) is -1.15. The van der Waals surface area contributed by atoms with E-state index in [9.17, 15) is 18.3 Å². The van der Waals surface area contributed by atoms with E-state index in [1.807, 2.05) is 37.2 Å². The first-order valence-corrected chi connectivity index (χ1v) is 9.77. The molecule has 0 bridgehead atoms. The lowest BCUT2D eigenvalue weighted by Crippen LogP contribution is -2.48. The summed E-state index contributed by atoms with van der Waals surface area (Å²) < 4.78 is 28.3. The van der Waals surface area contributed by atoms with E-state index < -0.39 is 16.0 Å². The molecule has 0 spiro atoms. The highest BCUT2D eigenvalue weighted by Crippen LogP contribution is 2.34. The zero-order chi connectivity index (χ0) is 19.1. The summed E-state index contributed by atoms with van der Waals surface area (Å²) in [6, 6.07) is 11.7. The van der Waals surface area contributed by atoms with E-state index in [1.165, 1.54) is 22.5 Å². The van der Waals surface area contributed by atoms with E-state index >= 15 is 0 Å². The van der Waals surface area contributed by atoms with Crippen LogP contribution in [0.25, 0.3) is 0 Å². The molecule has 1 heterocycles. The van der Waals surface area contributed by atoms with Gasteiger partial charge in [0.2, 0.25) is 0 Å². The van der Waals surface area contributed by atoms with E-state index in [0.29, 0.717) is 17.8 Å². The van der Waals surface area contributed by atoms with Crippen molar-refractivity contribution < 1.29 is 18.3 Å². The van der Waals surface area contributed by atoms with Crippen LogP contribution in [0.15, 0.2) is 47.4 Å².